The van der Waals surface area contributed by atoms with E-state index in [0.717, 1.165) is 24.2 Å². The lowest BCUT2D eigenvalue weighted by Crippen LogP contribution is -2.45. The number of amides is 2. The molecule has 1 aromatic carbocycles. The molecule has 148 valence electrons. The van der Waals surface area contributed by atoms with Gasteiger partial charge in [0.05, 0.1) is 18.9 Å². The zero-order valence-electron chi connectivity index (χ0n) is 15.9. The van der Waals surface area contributed by atoms with Crippen molar-refractivity contribution in [2.75, 3.05) is 13.7 Å². The molecule has 4 rings (SSSR count). The summed E-state index contributed by atoms with van der Waals surface area (Å²) in [6, 6.07) is 5.52. The summed E-state index contributed by atoms with van der Waals surface area (Å²) in [6.07, 6.45) is 2.90. The van der Waals surface area contributed by atoms with Gasteiger partial charge in [0.25, 0.3) is 0 Å². The first-order valence-electron chi connectivity index (χ1n) is 9.63. The van der Waals surface area contributed by atoms with Crippen LogP contribution in [0.4, 0.5) is 0 Å². The standard InChI is InChI=1S/C21H23NO6/c1-11(21(26)28-10-16(23)12-4-3-5-15(9-12)27-2)22-19(24)17-13-6-7-14(8-13)18(17)20(22)25/h3-5,9,11,13-14,17-18H,6-8,10H2,1-2H3. The van der Waals surface area contributed by atoms with E-state index in [-0.39, 0.29) is 41.3 Å². The molecule has 5 unspecified atom stereocenters. The van der Waals surface area contributed by atoms with Gasteiger partial charge in [0.2, 0.25) is 11.8 Å². The fraction of sp³-hybridized carbons (Fsp3) is 0.524. The molecule has 3 aliphatic rings. The van der Waals surface area contributed by atoms with E-state index in [1.165, 1.54) is 14.0 Å². The maximum Gasteiger partial charge on any atom is 0.329 e. The highest BCUT2D eigenvalue weighted by Gasteiger charge is 2.62. The lowest BCUT2D eigenvalue weighted by molar-refractivity contribution is -0.157. The maximum absolute atomic E-state index is 12.8. The Hall–Kier alpha value is -2.70. The number of rotatable bonds is 6. The van der Waals surface area contributed by atoms with Gasteiger partial charge in [0, 0.05) is 5.56 Å². The Labute approximate surface area is 163 Å². The third-order valence-corrected chi connectivity index (χ3v) is 6.43. The van der Waals surface area contributed by atoms with E-state index in [1.807, 2.05) is 0 Å². The fourth-order valence-electron chi connectivity index (χ4n) is 5.06. The zero-order chi connectivity index (χ0) is 20.0. The van der Waals surface area contributed by atoms with E-state index in [9.17, 15) is 19.2 Å². The zero-order valence-corrected chi connectivity index (χ0v) is 15.9. The van der Waals surface area contributed by atoms with Crippen LogP contribution in [0.25, 0.3) is 0 Å². The second-order valence-electron chi connectivity index (χ2n) is 7.87. The fourth-order valence-corrected chi connectivity index (χ4v) is 5.06. The summed E-state index contributed by atoms with van der Waals surface area (Å²) in [5.74, 6) is -1.15. The number of Topliss-reactive ketones (excluding diaryl/α,β-unsaturated/α-hetero) is 1. The van der Waals surface area contributed by atoms with Gasteiger partial charge >= 0.3 is 5.97 Å². The molecular formula is C21H23NO6. The summed E-state index contributed by atoms with van der Waals surface area (Å²) in [7, 11) is 1.50. The minimum absolute atomic E-state index is 0.259. The number of hydrogen-bond donors (Lipinski definition) is 0. The molecule has 0 N–H and O–H groups in total. The number of ketones is 1. The quantitative estimate of drug-likeness (QED) is 0.422. The van der Waals surface area contributed by atoms with Crippen LogP contribution in [0, 0.1) is 23.7 Å². The van der Waals surface area contributed by atoms with Crippen molar-refractivity contribution in [1.29, 1.82) is 0 Å². The largest absolute Gasteiger partial charge is 0.497 e. The summed E-state index contributed by atoms with van der Waals surface area (Å²) < 4.78 is 10.2. The molecule has 28 heavy (non-hydrogen) atoms. The summed E-state index contributed by atoms with van der Waals surface area (Å²) in [6.45, 7) is 1.03. The van der Waals surface area contributed by atoms with Crippen LogP contribution in [0.15, 0.2) is 24.3 Å². The molecule has 2 aliphatic carbocycles. The van der Waals surface area contributed by atoms with Gasteiger partial charge in [-0.2, -0.15) is 0 Å². The second-order valence-corrected chi connectivity index (χ2v) is 7.87. The Morgan fingerprint density at radius 2 is 1.79 bits per heavy atom. The Morgan fingerprint density at radius 1 is 1.14 bits per heavy atom. The van der Waals surface area contributed by atoms with Gasteiger partial charge in [-0.1, -0.05) is 12.1 Å². The van der Waals surface area contributed by atoms with Crippen LogP contribution in [0.3, 0.4) is 0 Å². The molecule has 2 amide bonds. The van der Waals surface area contributed by atoms with Crippen LogP contribution in [0.1, 0.15) is 36.5 Å². The predicted octanol–water partition coefficient (Wildman–Crippen LogP) is 1.84. The predicted molar refractivity (Wildman–Crippen MR) is 97.4 cm³/mol. The molecule has 1 saturated heterocycles. The summed E-state index contributed by atoms with van der Waals surface area (Å²) in [5.41, 5.74) is 0.360. The lowest BCUT2D eigenvalue weighted by Gasteiger charge is -2.22. The highest BCUT2D eigenvalue weighted by Crippen LogP contribution is 2.56. The molecule has 3 fully saturated rings. The molecule has 0 spiro atoms. The number of fused-ring (bicyclic) bond motifs is 5. The van der Waals surface area contributed by atoms with Crippen molar-refractivity contribution in [3.8, 4) is 5.75 Å². The molecule has 1 aliphatic heterocycles. The first-order chi connectivity index (χ1) is 13.4. The first kappa shape index (κ1) is 18.7. The average Bonchev–Trinajstić information content (AvgIpc) is 3.39. The van der Waals surface area contributed by atoms with Crippen molar-refractivity contribution < 1.29 is 28.7 Å². The maximum atomic E-state index is 12.8. The number of carbonyl (C=O) groups is 4. The number of esters is 1. The number of likely N-dealkylation sites (tertiary alicyclic amines) is 1. The van der Waals surface area contributed by atoms with Crippen molar-refractivity contribution in [3.05, 3.63) is 29.8 Å². The van der Waals surface area contributed by atoms with E-state index in [4.69, 9.17) is 9.47 Å². The smallest absolute Gasteiger partial charge is 0.329 e. The number of ether oxygens (including phenoxy) is 2. The monoisotopic (exact) mass is 385 g/mol. The van der Waals surface area contributed by atoms with Crippen molar-refractivity contribution in [2.45, 2.75) is 32.2 Å². The van der Waals surface area contributed by atoms with Crippen molar-refractivity contribution >= 4 is 23.6 Å². The van der Waals surface area contributed by atoms with E-state index in [2.05, 4.69) is 0 Å². The molecule has 0 radical (unpaired) electrons. The Bertz CT molecular complexity index is 821. The van der Waals surface area contributed by atoms with Gasteiger partial charge in [-0.3, -0.25) is 19.3 Å². The van der Waals surface area contributed by atoms with E-state index in [1.54, 1.807) is 24.3 Å². The van der Waals surface area contributed by atoms with Crippen LogP contribution in [0.5, 0.6) is 5.75 Å². The number of carbonyl (C=O) groups excluding carboxylic acids is 4. The minimum atomic E-state index is -1.02. The van der Waals surface area contributed by atoms with Gasteiger partial charge in [0.1, 0.15) is 11.8 Å². The highest BCUT2D eigenvalue weighted by atomic mass is 16.5. The minimum Gasteiger partial charge on any atom is -0.497 e. The van der Waals surface area contributed by atoms with Crippen LogP contribution in [-0.4, -0.2) is 48.2 Å². The van der Waals surface area contributed by atoms with Crippen molar-refractivity contribution in [1.82, 2.24) is 4.90 Å². The molecule has 7 nitrogen and oxygen atoms in total. The number of benzene rings is 1. The van der Waals surface area contributed by atoms with Gasteiger partial charge < -0.3 is 9.47 Å². The Morgan fingerprint density at radius 3 is 2.39 bits per heavy atom. The van der Waals surface area contributed by atoms with Gasteiger partial charge in [-0.05, 0) is 50.2 Å². The molecule has 5 atom stereocenters. The number of hydrogen-bond acceptors (Lipinski definition) is 6. The summed E-state index contributed by atoms with van der Waals surface area (Å²) in [5, 5.41) is 0. The summed E-state index contributed by atoms with van der Waals surface area (Å²) in [4.78, 5) is 51.3. The average molecular weight is 385 g/mol. The van der Waals surface area contributed by atoms with Crippen LogP contribution in [0.2, 0.25) is 0 Å². The molecule has 7 heteroatoms. The van der Waals surface area contributed by atoms with Gasteiger partial charge in [-0.25, -0.2) is 4.79 Å². The van der Waals surface area contributed by atoms with Crippen LogP contribution >= 0.6 is 0 Å². The molecule has 2 saturated carbocycles. The first-order valence-corrected chi connectivity index (χ1v) is 9.63. The van der Waals surface area contributed by atoms with Crippen molar-refractivity contribution in [2.24, 2.45) is 23.7 Å². The summed E-state index contributed by atoms with van der Waals surface area (Å²) >= 11 is 0. The number of methoxy groups -OCH3 is 1. The normalized spacial score (nSPS) is 29.0. The van der Waals surface area contributed by atoms with E-state index < -0.39 is 18.6 Å². The topological polar surface area (TPSA) is 90.0 Å². The van der Waals surface area contributed by atoms with E-state index >= 15 is 0 Å². The van der Waals surface area contributed by atoms with Crippen LogP contribution < -0.4 is 4.74 Å². The third-order valence-electron chi connectivity index (χ3n) is 6.43. The van der Waals surface area contributed by atoms with Crippen molar-refractivity contribution in [3.63, 3.8) is 0 Å². The van der Waals surface area contributed by atoms with E-state index in [0.29, 0.717) is 11.3 Å². The lowest BCUT2D eigenvalue weighted by atomic mass is 9.81. The SMILES string of the molecule is COc1cccc(C(=O)COC(=O)C(C)N2C(=O)C3C4CCC(C4)C3C2=O)c1. The number of nitrogens with zero attached hydrogens (tertiary/aromatic N) is 1. The highest BCUT2D eigenvalue weighted by molar-refractivity contribution is 6.08. The van der Waals surface area contributed by atoms with Gasteiger partial charge in [0.15, 0.2) is 12.4 Å². The molecule has 2 bridgehead atoms. The molecule has 1 heterocycles. The van der Waals surface area contributed by atoms with Crippen LogP contribution in [-0.2, 0) is 19.1 Å². The Balaban J connectivity index is 1.39. The molecule has 1 aromatic rings. The Kier molecular flexibility index (Phi) is 4.69. The molecule has 0 aromatic heterocycles. The second kappa shape index (κ2) is 7.04. The van der Waals surface area contributed by atoms with Gasteiger partial charge in [-0.15, -0.1) is 0 Å². The third kappa shape index (κ3) is 2.89. The number of imide groups is 1. The molecular weight excluding hydrogens is 362 g/mol.